The van der Waals surface area contributed by atoms with Crippen LogP contribution < -0.4 is 5.32 Å². The molecule has 4 nitrogen and oxygen atoms in total. The predicted octanol–water partition coefficient (Wildman–Crippen LogP) is 2.67. The van der Waals surface area contributed by atoms with E-state index in [0.717, 1.165) is 0 Å². The molecule has 0 aliphatic heterocycles. The molecule has 0 aliphatic carbocycles. The molecular formula is C15H15NO3. The zero-order valence-corrected chi connectivity index (χ0v) is 10.6. The van der Waals surface area contributed by atoms with Gasteiger partial charge >= 0.3 is 0 Å². The molecule has 1 N–H and O–H groups in total. The Morgan fingerprint density at radius 3 is 2.53 bits per heavy atom. The van der Waals surface area contributed by atoms with E-state index in [1.165, 1.54) is 12.5 Å². The third kappa shape index (κ3) is 3.55. The number of ketones is 1. The van der Waals surface area contributed by atoms with Crippen LogP contribution >= 0.6 is 0 Å². The van der Waals surface area contributed by atoms with Gasteiger partial charge in [0.2, 0.25) is 0 Å². The van der Waals surface area contributed by atoms with Gasteiger partial charge in [-0.1, -0.05) is 30.3 Å². The smallest absolute Gasteiger partial charge is 0.254 e. The minimum atomic E-state index is -0.234. The molecule has 2 rings (SSSR count). The van der Waals surface area contributed by atoms with Gasteiger partial charge in [-0.15, -0.1) is 0 Å². The molecule has 0 spiro atoms. The fraction of sp³-hybridized carbons (Fsp3) is 0.200. The molecule has 0 bridgehead atoms. The zero-order valence-electron chi connectivity index (χ0n) is 10.6. The highest BCUT2D eigenvalue weighted by Gasteiger charge is 2.14. The molecule has 0 fully saturated rings. The van der Waals surface area contributed by atoms with Crippen LogP contribution in [0, 0.1) is 0 Å². The monoisotopic (exact) mass is 257 g/mol. The Morgan fingerprint density at radius 1 is 1.16 bits per heavy atom. The van der Waals surface area contributed by atoms with Crippen LogP contribution in [0.25, 0.3) is 0 Å². The van der Waals surface area contributed by atoms with E-state index in [9.17, 15) is 9.59 Å². The van der Waals surface area contributed by atoms with Gasteiger partial charge in [0.15, 0.2) is 5.78 Å². The Bertz CT molecular complexity index is 546. The number of nitrogens with one attached hydrogen (secondary N) is 1. The third-order valence-electron chi connectivity index (χ3n) is 2.75. The highest BCUT2D eigenvalue weighted by atomic mass is 16.3. The molecule has 1 atom stereocenters. The predicted molar refractivity (Wildman–Crippen MR) is 71.0 cm³/mol. The second kappa shape index (κ2) is 6.00. The van der Waals surface area contributed by atoms with E-state index in [2.05, 4.69) is 5.32 Å². The second-order valence-corrected chi connectivity index (χ2v) is 4.38. The van der Waals surface area contributed by atoms with Gasteiger partial charge in [0.1, 0.15) is 6.26 Å². The van der Waals surface area contributed by atoms with Gasteiger partial charge in [0.25, 0.3) is 5.91 Å². The van der Waals surface area contributed by atoms with Crippen LogP contribution in [-0.2, 0) is 0 Å². The molecule has 0 aliphatic rings. The van der Waals surface area contributed by atoms with E-state index in [-0.39, 0.29) is 24.2 Å². The number of hydrogen-bond donors (Lipinski definition) is 1. The first-order valence-corrected chi connectivity index (χ1v) is 6.08. The summed E-state index contributed by atoms with van der Waals surface area (Å²) in [6, 6.07) is 10.4. The lowest BCUT2D eigenvalue weighted by atomic mass is 10.0. The molecule has 1 aromatic heterocycles. The molecule has 0 saturated heterocycles. The maximum Gasteiger partial charge on any atom is 0.254 e. The highest BCUT2D eigenvalue weighted by molar-refractivity contribution is 5.97. The van der Waals surface area contributed by atoms with E-state index in [0.29, 0.717) is 11.1 Å². The van der Waals surface area contributed by atoms with Crippen molar-refractivity contribution in [2.75, 3.05) is 0 Å². The van der Waals surface area contributed by atoms with Gasteiger partial charge in [-0.2, -0.15) is 0 Å². The molecule has 0 saturated carbocycles. The summed E-state index contributed by atoms with van der Waals surface area (Å²) < 4.78 is 4.84. The third-order valence-corrected chi connectivity index (χ3v) is 2.75. The number of hydrogen-bond acceptors (Lipinski definition) is 3. The first kappa shape index (κ1) is 13.1. The number of rotatable bonds is 5. The van der Waals surface area contributed by atoms with Crippen molar-refractivity contribution in [3.63, 3.8) is 0 Å². The largest absolute Gasteiger partial charge is 0.472 e. The average Bonchev–Trinajstić information content (AvgIpc) is 2.93. The molecular weight excluding hydrogens is 242 g/mol. The fourth-order valence-electron chi connectivity index (χ4n) is 1.77. The quantitative estimate of drug-likeness (QED) is 0.838. The van der Waals surface area contributed by atoms with E-state index in [1.807, 2.05) is 18.2 Å². The molecule has 0 radical (unpaired) electrons. The minimum Gasteiger partial charge on any atom is -0.472 e. The van der Waals surface area contributed by atoms with Crippen LogP contribution in [-0.4, -0.2) is 17.7 Å². The summed E-state index contributed by atoms with van der Waals surface area (Å²) in [5, 5.41) is 2.76. The van der Waals surface area contributed by atoms with Crippen LogP contribution in [0.2, 0.25) is 0 Å². The first-order chi connectivity index (χ1) is 9.16. The van der Waals surface area contributed by atoms with Crippen molar-refractivity contribution >= 4 is 11.7 Å². The van der Waals surface area contributed by atoms with Crippen LogP contribution in [0.5, 0.6) is 0 Å². The number of furan rings is 1. The standard InChI is InChI=1S/C15H15NO3/c1-11(16-15(18)13-7-8-19-10-13)9-14(17)12-5-3-2-4-6-12/h2-8,10-11H,9H2,1H3,(H,16,18). The summed E-state index contributed by atoms with van der Waals surface area (Å²) >= 11 is 0. The topological polar surface area (TPSA) is 59.3 Å². The molecule has 1 amide bonds. The molecule has 1 aromatic carbocycles. The Labute approximate surface area is 111 Å². The van der Waals surface area contributed by atoms with Crippen LogP contribution in [0.15, 0.2) is 53.3 Å². The average molecular weight is 257 g/mol. The Balaban J connectivity index is 1.90. The molecule has 1 heterocycles. The minimum absolute atomic E-state index is 0.0144. The second-order valence-electron chi connectivity index (χ2n) is 4.38. The molecule has 2 aromatic rings. The number of Topliss-reactive ketones (excluding diaryl/α,β-unsaturated/α-hetero) is 1. The van der Waals surface area contributed by atoms with E-state index < -0.39 is 0 Å². The van der Waals surface area contributed by atoms with Crippen LogP contribution in [0.4, 0.5) is 0 Å². The lowest BCUT2D eigenvalue weighted by molar-refractivity contribution is 0.0918. The normalized spacial score (nSPS) is 11.8. The van der Waals surface area contributed by atoms with E-state index in [1.54, 1.807) is 25.1 Å². The summed E-state index contributed by atoms with van der Waals surface area (Å²) in [7, 11) is 0. The fourth-order valence-corrected chi connectivity index (χ4v) is 1.77. The van der Waals surface area contributed by atoms with Gasteiger partial charge in [-0.3, -0.25) is 9.59 Å². The van der Waals surface area contributed by atoms with Crippen LogP contribution in [0.1, 0.15) is 34.1 Å². The summed E-state index contributed by atoms with van der Waals surface area (Å²) in [6.07, 6.45) is 3.09. The number of benzene rings is 1. The number of amides is 1. The molecule has 19 heavy (non-hydrogen) atoms. The van der Waals surface area contributed by atoms with Crippen LogP contribution in [0.3, 0.4) is 0 Å². The van der Waals surface area contributed by atoms with Gasteiger partial charge in [0, 0.05) is 18.0 Å². The van der Waals surface area contributed by atoms with Gasteiger partial charge in [0.05, 0.1) is 11.8 Å². The maximum absolute atomic E-state index is 12.0. The Kier molecular flexibility index (Phi) is 4.13. The van der Waals surface area contributed by atoms with Crippen molar-refractivity contribution in [3.05, 3.63) is 60.1 Å². The lowest BCUT2D eigenvalue weighted by Crippen LogP contribution is -2.34. The Morgan fingerprint density at radius 2 is 1.89 bits per heavy atom. The van der Waals surface area contributed by atoms with Crippen molar-refractivity contribution in [1.82, 2.24) is 5.32 Å². The first-order valence-electron chi connectivity index (χ1n) is 6.08. The van der Waals surface area contributed by atoms with Gasteiger partial charge < -0.3 is 9.73 Å². The number of carbonyl (C=O) groups is 2. The highest BCUT2D eigenvalue weighted by Crippen LogP contribution is 2.06. The lowest BCUT2D eigenvalue weighted by Gasteiger charge is -2.12. The summed E-state index contributed by atoms with van der Waals surface area (Å²) in [5.41, 5.74) is 1.12. The van der Waals surface area contributed by atoms with E-state index >= 15 is 0 Å². The van der Waals surface area contributed by atoms with Gasteiger partial charge in [-0.05, 0) is 13.0 Å². The Hall–Kier alpha value is -2.36. The van der Waals surface area contributed by atoms with Gasteiger partial charge in [-0.25, -0.2) is 0 Å². The maximum atomic E-state index is 12.0. The molecule has 1 unspecified atom stereocenters. The van der Waals surface area contributed by atoms with Crippen molar-refractivity contribution < 1.29 is 14.0 Å². The zero-order chi connectivity index (χ0) is 13.7. The van der Waals surface area contributed by atoms with Crippen molar-refractivity contribution in [2.24, 2.45) is 0 Å². The summed E-state index contributed by atoms with van der Waals surface area (Å²) in [4.78, 5) is 23.7. The van der Waals surface area contributed by atoms with Crippen molar-refractivity contribution in [1.29, 1.82) is 0 Å². The van der Waals surface area contributed by atoms with Crippen molar-refractivity contribution in [3.8, 4) is 0 Å². The number of carbonyl (C=O) groups excluding carboxylic acids is 2. The van der Waals surface area contributed by atoms with Crippen molar-refractivity contribution in [2.45, 2.75) is 19.4 Å². The SMILES string of the molecule is CC(CC(=O)c1ccccc1)NC(=O)c1ccoc1. The summed E-state index contributed by atoms with van der Waals surface area (Å²) in [6.45, 7) is 1.80. The molecule has 98 valence electrons. The van der Waals surface area contributed by atoms with E-state index in [4.69, 9.17) is 4.42 Å². The molecule has 4 heteroatoms. The summed E-state index contributed by atoms with van der Waals surface area (Å²) in [5.74, 6) is -0.220.